The fourth-order valence-electron chi connectivity index (χ4n) is 1.79. The van der Waals surface area contributed by atoms with Gasteiger partial charge in [0.2, 0.25) is 0 Å². The van der Waals surface area contributed by atoms with Crippen molar-refractivity contribution in [3.8, 4) is 17.6 Å². The number of hydrogen-bond acceptors (Lipinski definition) is 7. The van der Waals surface area contributed by atoms with Gasteiger partial charge < -0.3 is 19.5 Å². The third-order valence-electron chi connectivity index (χ3n) is 2.91. The lowest BCUT2D eigenvalue weighted by molar-refractivity contribution is -0.385. The van der Waals surface area contributed by atoms with Gasteiger partial charge in [0.1, 0.15) is 11.6 Å². The fraction of sp³-hybridized carbons (Fsp3) is 0.533. The topological polar surface area (TPSA) is 107 Å². The molecule has 0 bridgehead atoms. The molecular formula is C15H21N3O5. The second-order valence-corrected chi connectivity index (χ2v) is 4.60. The van der Waals surface area contributed by atoms with Crippen LogP contribution in [0.1, 0.15) is 18.9 Å². The minimum atomic E-state index is -0.620. The van der Waals surface area contributed by atoms with Crippen LogP contribution in [0.3, 0.4) is 0 Å². The van der Waals surface area contributed by atoms with Crippen LogP contribution in [-0.4, -0.2) is 44.9 Å². The van der Waals surface area contributed by atoms with Crippen LogP contribution >= 0.6 is 0 Å². The predicted molar refractivity (Wildman–Crippen MR) is 83.8 cm³/mol. The summed E-state index contributed by atoms with van der Waals surface area (Å²) in [6.07, 6.45) is 0.794. The van der Waals surface area contributed by atoms with Crippen molar-refractivity contribution in [2.24, 2.45) is 0 Å². The number of nitrogens with zero attached hydrogens (tertiary/aromatic N) is 2. The lowest BCUT2D eigenvalue weighted by Crippen LogP contribution is -2.30. The molecule has 23 heavy (non-hydrogen) atoms. The van der Waals surface area contributed by atoms with E-state index in [-0.39, 0.29) is 17.0 Å². The highest BCUT2D eigenvalue weighted by molar-refractivity contribution is 5.58. The van der Waals surface area contributed by atoms with E-state index in [2.05, 4.69) is 5.32 Å². The highest BCUT2D eigenvalue weighted by Gasteiger charge is 2.19. The molecule has 0 radical (unpaired) electrons. The summed E-state index contributed by atoms with van der Waals surface area (Å²) < 4.78 is 15.4. The highest BCUT2D eigenvalue weighted by Crippen LogP contribution is 2.34. The number of rotatable bonds is 5. The van der Waals surface area contributed by atoms with E-state index in [9.17, 15) is 10.1 Å². The summed E-state index contributed by atoms with van der Waals surface area (Å²) in [7, 11) is 1.39. The lowest BCUT2D eigenvalue weighted by atomic mass is 10.1. The summed E-state index contributed by atoms with van der Waals surface area (Å²) >= 11 is 0. The van der Waals surface area contributed by atoms with Crippen LogP contribution in [0, 0.1) is 21.4 Å². The molecule has 1 heterocycles. The molecule has 1 aliphatic rings. The maximum Gasteiger partial charge on any atom is 0.291 e. The molecule has 2 rings (SSSR count). The van der Waals surface area contributed by atoms with Gasteiger partial charge in [0, 0.05) is 19.2 Å². The second kappa shape index (κ2) is 10.4. The molecule has 1 N–H and O–H groups in total. The molecule has 1 aromatic carbocycles. The largest absolute Gasteiger partial charge is 0.493 e. The number of nitro groups is 1. The minimum absolute atomic E-state index is 0.0399. The maximum absolute atomic E-state index is 10.7. The van der Waals surface area contributed by atoms with Gasteiger partial charge in [-0.15, -0.1) is 0 Å². The van der Waals surface area contributed by atoms with E-state index >= 15 is 0 Å². The van der Waals surface area contributed by atoms with Gasteiger partial charge in [0.25, 0.3) is 5.69 Å². The van der Waals surface area contributed by atoms with Crippen molar-refractivity contribution >= 4 is 5.69 Å². The van der Waals surface area contributed by atoms with E-state index in [0.717, 1.165) is 32.7 Å². The number of benzene rings is 1. The summed E-state index contributed by atoms with van der Waals surface area (Å²) in [4.78, 5) is 10.1. The Morgan fingerprint density at radius 1 is 1.39 bits per heavy atom. The van der Waals surface area contributed by atoms with E-state index in [1.165, 1.54) is 19.2 Å². The zero-order valence-electron chi connectivity index (χ0n) is 13.3. The van der Waals surface area contributed by atoms with Gasteiger partial charge in [-0.2, -0.15) is 5.26 Å². The van der Waals surface area contributed by atoms with Crippen LogP contribution in [0.15, 0.2) is 12.1 Å². The van der Waals surface area contributed by atoms with Gasteiger partial charge in [-0.3, -0.25) is 10.1 Å². The van der Waals surface area contributed by atoms with Crippen molar-refractivity contribution in [3.63, 3.8) is 0 Å². The molecule has 1 aliphatic heterocycles. The third kappa shape index (κ3) is 6.10. The standard InChI is InChI=1S/C11H12N2O4.C4H9NO/c1-3-4-17-11-5-8(7-12)9(13(14)15)6-10(11)16-2;1-3-6-4-2-5-1/h5-6H,3-4H2,1-2H3;5H,1-4H2. The molecule has 8 heteroatoms. The summed E-state index contributed by atoms with van der Waals surface area (Å²) in [6.45, 7) is 6.22. The zero-order valence-corrected chi connectivity index (χ0v) is 13.3. The Balaban J connectivity index is 0.000000366. The Bertz CT molecular complexity index is 541. The average Bonchev–Trinajstić information content (AvgIpc) is 2.61. The quantitative estimate of drug-likeness (QED) is 0.651. The Morgan fingerprint density at radius 2 is 2.09 bits per heavy atom. The average molecular weight is 323 g/mol. The molecule has 8 nitrogen and oxygen atoms in total. The monoisotopic (exact) mass is 323 g/mol. The van der Waals surface area contributed by atoms with Crippen LogP contribution in [0.5, 0.6) is 11.5 Å². The van der Waals surface area contributed by atoms with E-state index in [0.29, 0.717) is 12.4 Å². The number of methoxy groups -OCH3 is 1. The molecule has 1 fully saturated rings. The highest BCUT2D eigenvalue weighted by atomic mass is 16.6. The van der Waals surface area contributed by atoms with E-state index < -0.39 is 4.92 Å². The number of nitriles is 1. The fourth-order valence-corrected chi connectivity index (χ4v) is 1.79. The van der Waals surface area contributed by atoms with Crippen molar-refractivity contribution < 1.29 is 19.1 Å². The Morgan fingerprint density at radius 3 is 2.48 bits per heavy atom. The smallest absolute Gasteiger partial charge is 0.291 e. The van der Waals surface area contributed by atoms with Crippen LogP contribution in [-0.2, 0) is 4.74 Å². The molecule has 0 aromatic heterocycles. The molecule has 0 spiro atoms. The minimum Gasteiger partial charge on any atom is -0.493 e. The van der Waals surface area contributed by atoms with E-state index in [4.69, 9.17) is 19.5 Å². The van der Waals surface area contributed by atoms with Crippen LogP contribution in [0.4, 0.5) is 5.69 Å². The number of hydrogen-bond donors (Lipinski definition) is 1. The molecule has 0 aliphatic carbocycles. The summed E-state index contributed by atoms with van der Waals surface area (Å²) in [5.74, 6) is 0.598. The molecule has 0 amide bonds. The van der Waals surface area contributed by atoms with Crippen molar-refractivity contribution in [1.29, 1.82) is 5.26 Å². The first-order chi connectivity index (χ1) is 11.1. The number of nitrogens with one attached hydrogen (secondary N) is 1. The zero-order chi connectivity index (χ0) is 17.1. The van der Waals surface area contributed by atoms with Crippen molar-refractivity contribution in [1.82, 2.24) is 5.32 Å². The number of nitro benzene ring substituents is 1. The molecule has 126 valence electrons. The Labute approximate surface area is 135 Å². The first-order valence-corrected chi connectivity index (χ1v) is 7.31. The summed E-state index contributed by atoms with van der Waals surface area (Å²) in [5, 5.41) is 22.7. The van der Waals surface area contributed by atoms with Gasteiger partial charge in [-0.1, -0.05) is 6.92 Å². The second-order valence-electron chi connectivity index (χ2n) is 4.60. The molecule has 1 aromatic rings. The van der Waals surface area contributed by atoms with Gasteiger partial charge in [0.15, 0.2) is 11.5 Å². The first-order valence-electron chi connectivity index (χ1n) is 7.31. The first kappa shape index (κ1) is 18.7. The van der Waals surface area contributed by atoms with Crippen LogP contribution < -0.4 is 14.8 Å². The molecule has 0 unspecified atom stereocenters. The normalized spacial score (nSPS) is 13.3. The maximum atomic E-state index is 10.7. The predicted octanol–water partition coefficient (Wildman–Crippen LogP) is 1.87. The Kier molecular flexibility index (Phi) is 8.42. The van der Waals surface area contributed by atoms with Crippen molar-refractivity contribution in [3.05, 3.63) is 27.8 Å². The molecule has 0 atom stereocenters. The van der Waals surface area contributed by atoms with Gasteiger partial charge >= 0.3 is 0 Å². The van der Waals surface area contributed by atoms with Crippen molar-refractivity contribution in [2.75, 3.05) is 40.0 Å². The SMILES string of the molecule is C1COCCN1.CCCOc1cc(C#N)c([N+](=O)[O-])cc1OC. The Hall–Kier alpha value is -2.37. The van der Waals surface area contributed by atoms with Crippen LogP contribution in [0.2, 0.25) is 0 Å². The van der Waals surface area contributed by atoms with E-state index in [1.54, 1.807) is 6.07 Å². The summed E-state index contributed by atoms with van der Waals surface area (Å²) in [5.41, 5.74) is -0.324. The lowest BCUT2D eigenvalue weighted by Gasteiger charge is -2.10. The number of ether oxygens (including phenoxy) is 3. The molecular weight excluding hydrogens is 302 g/mol. The van der Waals surface area contributed by atoms with Gasteiger partial charge in [0.05, 0.1) is 37.9 Å². The molecule has 0 saturated carbocycles. The van der Waals surface area contributed by atoms with E-state index in [1.807, 2.05) is 6.92 Å². The van der Waals surface area contributed by atoms with Crippen LogP contribution in [0.25, 0.3) is 0 Å². The van der Waals surface area contributed by atoms with Gasteiger partial charge in [-0.05, 0) is 6.42 Å². The number of morpholine rings is 1. The summed E-state index contributed by atoms with van der Waals surface area (Å²) in [6, 6.07) is 4.29. The van der Waals surface area contributed by atoms with Crippen molar-refractivity contribution in [2.45, 2.75) is 13.3 Å². The van der Waals surface area contributed by atoms with Gasteiger partial charge in [-0.25, -0.2) is 0 Å². The third-order valence-corrected chi connectivity index (χ3v) is 2.91. The molecule has 1 saturated heterocycles.